The van der Waals surface area contributed by atoms with E-state index in [0.717, 1.165) is 22.8 Å². The third-order valence-electron chi connectivity index (χ3n) is 3.80. The maximum absolute atomic E-state index is 12.0. The molecule has 0 spiro atoms. The zero-order chi connectivity index (χ0) is 16.8. The number of hydrogen-bond donors (Lipinski definition) is 2. The molecular formula is C17H24N4O2. The number of carbonyl (C=O) groups excluding carboxylic acids is 1. The Kier molecular flexibility index (Phi) is 5.76. The van der Waals surface area contributed by atoms with Crippen LogP contribution in [0.3, 0.4) is 0 Å². The second-order valence-electron chi connectivity index (χ2n) is 5.58. The van der Waals surface area contributed by atoms with Crippen LogP contribution < -0.4 is 10.6 Å². The van der Waals surface area contributed by atoms with Gasteiger partial charge in [0.1, 0.15) is 12.4 Å². The highest BCUT2D eigenvalue weighted by atomic mass is 16.5. The van der Waals surface area contributed by atoms with Gasteiger partial charge in [0, 0.05) is 37.8 Å². The Morgan fingerprint density at radius 1 is 1.26 bits per heavy atom. The van der Waals surface area contributed by atoms with E-state index in [1.165, 1.54) is 5.56 Å². The Labute approximate surface area is 136 Å². The number of aryl methyl sites for hydroxylation is 3. The Bertz CT molecular complexity index is 679. The van der Waals surface area contributed by atoms with Crippen LogP contribution in [0.4, 0.5) is 10.5 Å². The molecule has 2 N–H and O–H groups in total. The standard InChI is InChI=1S/C17H24N4O2/c1-12-5-6-15(9-13(12)2)20-17(22)18-7-8-21-14(3)10-19-16(21)11-23-4/h5-6,9-10H,7-8,11H2,1-4H3,(H2,18,20,22). The minimum Gasteiger partial charge on any atom is -0.377 e. The number of ether oxygens (including phenoxy) is 1. The summed E-state index contributed by atoms with van der Waals surface area (Å²) in [5.41, 5.74) is 4.20. The smallest absolute Gasteiger partial charge is 0.319 e. The Morgan fingerprint density at radius 2 is 2.04 bits per heavy atom. The number of methoxy groups -OCH3 is 1. The molecule has 2 aromatic rings. The lowest BCUT2D eigenvalue weighted by Gasteiger charge is -2.12. The van der Waals surface area contributed by atoms with Crippen molar-refractivity contribution in [3.63, 3.8) is 0 Å². The molecule has 0 unspecified atom stereocenters. The summed E-state index contributed by atoms with van der Waals surface area (Å²) in [5, 5.41) is 5.71. The summed E-state index contributed by atoms with van der Waals surface area (Å²) in [6.07, 6.45) is 1.81. The summed E-state index contributed by atoms with van der Waals surface area (Å²) >= 11 is 0. The van der Waals surface area contributed by atoms with Gasteiger partial charge in [-0.05, 0) is 44.0 Å². The largest absolute Gasteiger partial charge is 0.377 e. The SMILES string of the molecule is COCc1ncc(C)n1CCNC(=O)Nc1ccc(C)c(C)c1. The highest BCUT2D eigenvalue weighted by Crippen LogP contribution is 2.13. The number of hydrogen-bond acceptors (Lipinski definition) is 3. The van der Waals surface area contributed by atoms with Gasteiger partial charge in [-0.15, -0.1) is 0 Å². The second-order valence-corrected chi connectivity index (χ2v) is 5.58. The number of urea groups is 1. The van der Waals surface area contributed by atoms with Gasteiger partial charge < -0.3 is 19.9 Å². The summed E-state index contributed by atoms with van der Waals surface area (Å²) < 4.78 is 7.17. The number of aromatic nitrogens is 2. The third-order valence-corrected chi connectivity index (χ3v) is 3.80. The summed E-state index contributed by atoms with van der Waals surface area (Å²) in [7, 11) is 1.64. The van der Waals surface area contributed by atoms with E-state index in [2.05, 4.69) is 15.6 Å². The zero-order valence-electron chi connectivity index (χ0n) is 14.1. The maximum atomic E-state index is 12.0. The molecule has 1 aromatic heterocycles. The summed E-state index contributed by atoms with van der Waals surface area (Å²) in [6.45, 7) is 7.70. The molecule has 124 valence electrons. The van der Waals surface area contributed by atoms with Crippen molar-refractivity contribution in [1.82, 2.24) is 14.9 Å². The van der Waals surface area contributed by atoms with Crippen LogP contribution in [-0.2, 0) is 17.9 Å². The van der Waals surface area contributed by atoms with Crippen molar-refractivity contribution in [3.8, 4) is 0 Å². The number of benzene rings is 1. The van der Waals surface area contributed by atoms with Crippen LogP contribution in [-0.4, -0.2) is 29.2 Å². The van der Waals surface area contributed by atoms with E-state index in [-0.39, 0.29) is 6.03 Å². The van der Waals surface area contributed by atoms with Gasteiger partial charge in [-0.2, -0.15) is 0 Å². The molecule has 1 heterocycles. The van der Waals surface area contributed by atoms with Gasteiger partial charge in [-0.1, -0.05) is 6.07 Å². The normalized spacial score (nSPS) is 10.6. The summed E-state index contributed by atoms with van der Waals surface area (Å²) in [5.74, 6) is 0.862. The molecule has 0 aliphatic carbocycles. The van der Waals surface area contributed by atoms with Crippen molar-refractivity contribution in [2.24, 2.45) is 0 Å². The first kappa shape index (κ1) is 17.0. The molecule has 23 heavy (non-hydrogen) atoms. The summed E-state index contributed by atoms with van der Waals surface area (Å²) in [6, 6.07) is 5.65. The molecule has 0 atom stereocenters. The van der Waals surface area contributed by atoms with Crippen LogP contribution in [0.25, 0.3) is 0 Å². The maximum Gasteiger partial charge on any atom is 0.319 e. The van der Waals surface area contributed by atoms with E-state index in [4.69, 9.17) is 4.74 Å². The van der Waals surface area contributed by atoms with Crippen LogP contribution >= 0.6 is 0 Å². The molecule has 1 aromatic carbocycles. The van der Waals surface area contributed by atoms with Crippen molar-refractivity contribution < 1.29 is 9.53 Å². The molecule has 6 nitrogen and oxygen atoms in total. The van der Waals surface area contributed by atoms with Crippen molar-refractivity contribution in [2.75, 3.05) is 19.0 Å². The van der Waals surface area contributed by atoms with Gasteiger partial charge in [0.15, 0.2) is 0 Å². The lowest BCUT2D eigenvalue weighted by atomic mass is 10.1. The number of nitrogens with zero attached hydrogens (tertiary/aromatic N) is 2. The lowest BCUT2D eigenvalue weighted by molar-refractivity contribution is 0.174. The molecule has 0 saturated heterocycles. The third kappa shape index (κ3) is 4.56. The van der Waals surface area contributed by atoms with E-state index in [1.54, 1.807) is 7.11 Å². The molecule has 0 saturated carbocycles. The number of anilines is 1. The molecule has 2 amide bonds. The van der Waals surface area contributed by atoms with E-state index in [9.17, 15) is 4.79 Å². The molecule has 0 aliphatic rings. The summed E-state index contributed by atoms with van der Waals surface area (Å²) in [4.78, 5) is 16.3. The minimum atomic E-state index is -0.209. The number of imidazole rings is 1. The Morgan fingerprint density at radius 3 is 2.74 bits per heavy atom. The van der Waals surface area contributed by atoms with Crippen LogP contribution in [0, 0.1) is 20.8 Å². The molecule has 2 rings (SSSR count). The predicted octanol–water partition coefficient (Wildman–Crippen LogP) is 2.78. The zero-order valence-corrected chi connectivity index (χ0v) is 14.1. The van der Waals surface area contributed by atoms with Crippen molar-refractivity contribution >= 4 is 11.7 Å². The average Bonchev–Trinajstić information content (AvgIpc) is 2.84. The van der Waals surface area contributed by atoms with Gasteiger partial charge in [0.2, 0.25) is 0 Å². The first-order valence-corrected chi connectivity index (χ1v) is 7.63. The fourth-order valence-corrected chi connectivity index (χ4v) is 2.34. The molecule has 0 radical (unpaired) electrons. The quantitative estimate of drug-likeness (QED) is 0.861. The van der Waals surface area contributed by atoms with Crippen LogP contribution in [0.2, 0.25) is 0 Å². The van der Waals surface area contributed by atoms with E-state index in [1.807, 2.05) is 49.7 Å². The van der Waals surface area contributed by atoms with E-state index in [0.29, 0.717) is 19.7 Å². The van der Waals surface area contributed by atoms with Gasteiger partial charge >= 0.3 is 6.03 Å². The first-order chi connectivity index (χ1) is 11.0. The highest BCUT2D eigenvalue weighted by Gasteiger charge is 2.07. The number of amides is 2. The first-order valence-electron chi connectivity index (χ1n) is 7.63. The fourth-order valence-electron chi connectivity index (χ4n) is 2.34. The lowest BCUT2D eigenvalue weighted by Crippen LogP contribution is -2.32. The fraction of sp³-hybridized carbons (Fsp3) is 0.412. The predicted molar refractivity (Wildman–Crippen MR) is 90.6 cm³/mol. The van der Waals surface area contributed by atoms with Gasteiger partial charge in [-0.3, -0.25) is 0 Å². The molecule has 0 aliphatic heterocycles. The monoisotopic (exact) mass is 316 g/mol. The number of nitrogens with one attached hydrogen (secondary N) is 2. The van der Waals surface area contributed by atoms with Gasteiger partial charge in [-0.25, -0.2) is 9.78 Å². The van der Waals surface area contributed by atoms with Crippen molar-refractivity contribution in [3.05, 3.63) is 47.0 Å². The minimum absolute atomic E-state index is 0.209. The average molecular weight is 316 g/mol. The van der Waals surface area contributed by atoms with E-state index < -0.39 is 0 Å². The van der Waals surface area contributed by atoms with E-state index >= 15 is 0 Å². The number of carbonyl (C=O) groups is 1. The topological polar surface area (TPSA) is 68.2 Å². The van der Waals surface area contributed by atoms with Crippen LogP contribution in [0.15, 0.2) is 24.4 Å². The van der Waals surface area contributed by atoms with Crippen molar-refractivity contribution in [2.45, 2.75) is 33.9 Å². The molecule has 0 fully saturated rings. The Balaban J connectivity index is 1.85. The highest BCUT2D eigenvalue weighted by molar-refractivity contribution is 5.89. The second kappa shape index (κ2) is 7.78. The van der Waals surface area contributed by atoms with Crippen LogP contribution in [0.5, 0.6) is 0 Å². The van der Waals surface area contributed by atoms with Gasteiger partial charge in [0.25, 0.3) is 0 Å². The molecule has 0 bridgehead atoms. The Hall–Kier alpha value is -2.34. The number of rotatable bonds is 6. The van der Waals surface area contributed by atoms with Crippen LogP contribution in [0.1, 0.15) is 22.6 Å². The van der Waals surface area contributed by atoms with Crippen molar-refractivity contribution in [1.29, 1.82) is 0 Å². The molecule has 6 heteroatoms. The molecular weight excluding hydrogens is 292 g/mol. The van der Waals surface area contributed by atoms with Gasteiger partial charge in [0.05, 0.1) is 0 Å².